The first-order chi connectivity index (χ1) is 12.2. The van der Waals surface area contributed by atoms with Gasteiger partial charge in [0.25, 0.3) is 0 Å². The smallest absolute Gasteiger partial charge is 0.190 e. The maximum Gasteiger partial charge on any atom is 0.190 e. The van der Waals surface area contributed by atoms with Gasteiger partial charge in [0.05, 0.1) is 0 Å². The summed E-state index contributed by atoms with van der Waals surface area (Å²) in [5, 5.41) is 20.5. The normalized spacial score (nSPS) is 47.7. The van der Waals surface area contributed by atoms with Crippen LogP contribution in [0.3, 0.4) is 0 Å². The van der Waals surface area contributed by atoms with Crippen LogP contribution >= 0.6 is 0 Å². The van der Waals surface area contributed by atoms with Gasteiger partial charge in [-0.1, -0.05) is 19.4 Å². The summed E-state index contributed by atoms with van der Waals surface area (Å²) in [7, 11) is 0. The zero-order chi connectivity index (χ0) is 18.9. The van der Waals surface area contributed by atoms with Crippen LogP contribution in [-0.2, 0) is 14.4 Å². The van der Waals surface area contributed by atoms with Crippen LogP contribution in [0.5, 0.6) is 0 Å². The number of Topliss-reactive ketones (excluding diaryl/α,β-unsaturated/α-hetero) is 2. The first-order valence-corrected chi connectivity index (χ1v) is 9.80. The van der Waals surface area contributed by atoms with Gasteiger partial charge in [-0.25, -0.2) is 0 Å². The largest absolute Gasteiger partial charge is 0.388 e. The number of hydrogen-bond donors (Lipinski definition) is 2. The van der Waals surface area contributed by atoms with Crippen molar-refractivity contribution in [2.75, 3.05) is 6.61 Å². The fraction of sp³-hybridized carbons (Fsp3) is 0.762. The second-order valence-electron chi connectivity index (χ2n) is 9.38. The van der Waals surface area contributed by atoms with Crippen LogP contribution in [0.4, 0.5) is 0 Å². The van der Waals surface area contributed by atoms with Crippen molar-refractivity contribution >= 4 is 17.3 Å². The van der Waals surface area contributed by atoms with Crippen molar-refractivity contribution in [2.24, 2.45) is 28.6 Å². The van der Waals surface area contributed by atoms with E-state index in [1.807, 2.05) is 6.92 Å². The van der Waals surface area contributed by atoms with E-state index in [4.69, 9.17) is 0 Å². The Hall–Kier alpha value is -1.33. The fourth-order valence-electron chi connectivity index (χ4n) is 6.98. The summed E-state index contributed by atoms with van der Waals surface area (Å²) in [6.07, 6.45) is 5.83. The molecule has 0 spiro atoms. The van der Waals surface area contributed by atoms with Gasteiger partial charge in [-0.05, 0) is 55.4 Å². The van der Waals surface area contributed by atoms with Crippen molar-refractivity contribution in [3.8, 4) is 0 Å². The van der Waals surface area contributed by atoms with Crippen molar-refractivity contribution in [1.29, 1.82) is 0 Å². The molecular formula is C21H28O5. The molecule has 5 nitrogen and oxygen atoms in total. The summed E-state index contributed by atoms with van der Waals surface area (Å²) in [4.78, 5) is 37.5. The molecule has 4 aliphatic rings. The number of allylic oxidation sites excluding steroid dienone is 1. The van der Waals surface area contributed by atoms with E-state index in [9.17, 15) is 24.6 Å². The highest BCUT2D eigenvalue weighted by molar-refractivity contribution is 5.94. The summed E-state index contributed by atoms with van der Waals surface area (Å²) in [5.41, 5.74) is -1.55. The monoisotopic (exact) mass is 360 g/mol. The lowest BCUT2D eigenvalue weighted by Crippen LogP contribution is -2.60. The van der Waals surface area contributed by atoms with Crippen LogP contribution in [0, 0.1) is 28.6 Å². The predicted octanol–water partition coefficient (Wildman–Crippen LogP) is 1.99. The molecule has 4 rings (SSSR count). The topological polar surface area (TPSA) is 91.7 Å². The molecule has 2 N–H and O–H groups in total. The van der Waals surface area contributed by atoms with Gasteiger partial charge in [-0.15, -0.1) is 0 Å². The SMILES string of the molecule is C[C@]12CC(=O)[C@@H]3[C@H](CCC4=CC(=O)CC[C@]43C)[C@@H]1CC[C@@]2(O)C(=O)CO. The lowest BCUT2D eigenvalue weighted by atomic mass is 9.46. The average Bonchev–Trinajstić information content (AvgIpc) is 2.86. The summed E-state index contributed by atoms with van der Waals surface area (Å²) >= 11 is 0. The maximum atomic E-state index is 13.3. The van der Waals surface area contributed by atoms with Gasteiger partial charge in [0, 0.05) is 24.2 Å². The van der Waals surface area contributed by atoms with Gasteiger partial charge >= 0.3 is 0 Å². The fourth-order valence-corrected chi connectivity index (χ4v) is 6.98. The highest BCUT2D eigenvalue weighted by Gasteiger charge is 2.68. The molecule has 3 saturated carbocycles. The zero-order valence-corrected chi connectivity index (χ0v) is 15.6. The van der Waals surface area contributed by atoms with E-state index in [1.54, 1.807) is 6.08 Å². The number of carbonyl (C=O) groups excluding carboxylic acids is 3. The molecule has 0 aromatic rings. The quantitative estimate of drug-likeness (QED) is 0.786. The Morgan fingerprint density at radius 2 is 1.92 bits per heavy atom. The molecule has 3 fully saturated rings. The molecule has 0 saturated heterocycles. The second kappa shape index (κ2) is 5.59. The van der Waals surface area contributed by atoms with E-state index in [2.05, 4.69) is 6.92 Å². The number of rotatable bonds is 2. The minimum atomic E-state index is -1.60. The van der Waals surface area contributed by atoms with Crippen molar-refractivity contribution in [2.45, 2.75) is 64.4 Å². The van der Waals surface area contributed by atoms with E-state index in [0.29, 0.717) is 25.7 Å². The Kier molecular flexibility index (Phi) is 3.88. The third-order valence-corrected chi connectivity index (χ3v) is 8.41. The van der Waals surface area contributed by atoms with E-state index >= 15 is 0 Å². The Labute approximate surface area is 153 Å². The minimum absolute atomic E-state index is 0.0988. The van der Waals surface area contributed by atoms with Crippen molar-refractivity contribution in [1.82, 2.24) is 0 Å². The molecule has 0 bridgehead atoms. The molecule has 26 heavy (non-hydrogen) atoms. The van der Waals surface area contributed by atoms with E-state index < -0.39 is 23.4 Å². The Bertz CT molecular complexity index is 724. The Morgan fingerprint density at radius 3 is 2.62 bits per heavy atom. The van der Waals surface area contributed by atoms with Gasteiger partial charge in [0.15, 0.2) is 11.6 Å². The molecule has 6 atom stereocenters. The lowest BCUT2D eigenvalue weighted by Gasteiger charge is -2.57. The first kappa shape index (κ1) is 18.1. The summed E-state index contributed by atoms with van der Waals surface area (Å²) in [6.45, 7) is 3.31. The maximum absolute atomic E-state index is 13.3. The number of fused-ring (bicyclic) bond motifs is 5. The summed E-state index contributed by atoms with van der Waals surface area (Å²) in [6, 6.07) is 0. The van der Waals surface area contributed by atoms with Crippen molar-refractivity contribution < 1.29 is 24.6 Å². The van der Waals surface area contributed by atoms with Crippen LogP contribution in [-0.4, -0.2) is 39.8 Å². The highest BCUT2D eigenvalue weighted by Crippen LogP contribution is 2.66. The van der Waals surface area contributed by atoms with Crippen LogP contribution in [0.15, 0.2) is 11.6 Å². The molecule has 0 aromatic carbocycles. The standard InChI is InChI=1S/C21H28O5/c1-19-7-5-13(23)9-12(19)3-4-14-15-6-8-21(26,17(25)11-22)20(15,2)10-16(24)18(14)19/h9,14-15,18,22,26H,3-8,10-11H2,1-2H3/t14-,15+,18+,19-,20+,21-/m1/s1. The predicted molar refractivity (Wildman–Crippen MR) is 94.1 cm³/mol. The van der Waals surface area contributed by atoms with E-state index in [0.717, 1.165) is 18.4 Å². The molecule has 4 aliphatic carbocycles. The van der Waals surface area contributed by atoms with Gasteiger partial charge < -0.3 is 10.2 Å². The molecular weight excluding hydrogens is 332 g/mol. The Balaban J connectivity index is 1.75. The summed E-state index contributed by atoms with van der Waals surface area (Å²) < 4.78 is 0. The Morgan fingerprint density at radius 1 is 1.19 bits per heavy atom. The van der Waals surface area contributed by atoms with Gasteiger partial charge in [0.1, 0.15) is 18.0 Å². The van der Waals surface area contributed by atoms with Crippen molar-refractivity contribution in [3.63, 3.8) is 0 Å². The molecule has 0 unspecified atom stereocenters. The van der Waals surface area contributed by atoms with Gasteiger partial charge in [0.2, 0.25) is 0 Å². The van der Waals surface area contributed by atoms with E-state index in [1.165, 1.54) is 0 Å². The average molecular weight is 360 g/mol. The minimum Gasteiger partial charge on any atom is -0.388 e. The van der Waals surface area contributed by atoms with Gasteiger partial charge in [-0.3, -0.25) is 14.4 Å². The third-order valence-electron chi connectivity index (χ3n) is 8.41. The van der Waals surface area contributed by atoms with Crippen LogP contribution < -0.4 is 0 Å². The first-order valence-electron chi connectivity index (χ1n) is 9.80. The van der Waals surface area contributed by atoms with Crippen LogP contribution in [0.1, 0.15) is 58.8 Å². The number of hydrogen-bond acceptors (Lipinski definition) is 5. The van der Waals surface area contributed by atoms with Crippen LogP contribution in [0.2, 0.25) is 0 Å². The zero-order valence-electron chi connectivity index (χ0n) is 15.6. The molecule has 0 aliphatic heterocycles. The van der Waals surface area contributed by atoms with Crippen molar-refractivity contribution in [3.05, 3.63) is 11.6 Å². The second-order valence-corrected chi connectivity index (χ2v) is 9.38. The summed E-state index contributed by atoms with van der Waals surface area (Å²) in [5.74, 6) is -0.172. The number of carbonyl (C=O) groups is 3. The van der Waals surface area contributed by atoms with E-state index in [-0.39, 0.29) is 41.2 Å². The molecule has 0 aromatic heterocycles. The van der Waals surface area contributed by atoms with Crippen LogP contribution in [0.25, 0.3) is 0 Å². The molecule has 0 heterocycles. The molecule has 142 valence electrons. The number of aliphatic hydroxyl groups is 2. The number of ketones is 3. The van der Waals surface area contributed by atoms with Gasteiger partial charge in [-0.2, -0.15) is 0 Å². The molecule has 0 amide bonds. The highest BCUT2D eigenvalue weighted by atomic mass is 16.3. The third kappa shape index (κ3) is 2.07. The molecule has 0 radical (unpaired) electrons. The number of aliphatic hydroxyl groups excluding tert-OH is 1. The lowest BCUT2D eigenvalue weighted by molar-refractivity contribution is -0.170. The molecule has 5 heteroatoms.